The van der Waals surface area contributed by atoms with Crippen LogP contribution in [0, 0.1) is 0 Å². The largest absolute Gasteiger partial charge is 0.493 e. The molecule has 0 amide bonds. The number of allylic oxidation sites excluding steroid dienone is 1. The number of imidazole rings is 1. The summed E-state index contributed by atoms with van der Waals surface area (Å²) >= 11 is 0. The number of aromatic hydroxyl groups is 1. The molecule has 3 heterocycles. The predicted octanol–water partition coefficient (Wildman–Crippen LogP) is 4.69. The van der Waals surface area contributed by atoms with E-state index in [-0.39, 0.29) is 12.4 Å². The fraction of sp³-hybridized carbons (Fsp3) is 0.208. The van der Waals surface area contributed by atoms with Crippen molar-refractivity contribution >= 4 is 41.7 Å². The third kappa shape index (κ3) is 4.66. The van der Waals surface area contributed by atoms with Crippen LogP contribution in [0.5, 0.6) is 5.88 Å². The number of carbonyl (C=O) groups excluding carboxylic acids is 1. The second-order valence-electron chi connectivity index (χ2n) is 8.20. The van der Waals surface area contributed by atoms with Crippen LogP contribution in [-0.4, -0.2) is 37.4 Å². The number of rotatable bonds is 5. The Morgan fingerprint density at radius 2 is 2.03 bits per heavy atom. The highest BCUT2D eigenvalue weighted by molar-refractivity contribution is 6.21. The van der Waals surface area contributed by atoms with Crippen molar-refractivity contribution in [3.8, 4) is 5.88 Å². The van der Waals surface area contributed by atoms with E-state index in [0.717, 1.165) is 22.4 Å². The highest BCUT2D eigenvalue weighted by Gasteiger charge is 2.22. The Morgan fingerprint density at radius 1 is 1.23 bits per heavy atom. The lowest BCUT2D eigenvalue weighted by molar-refractivity contribution is -0.155. The van der Waals surface area contributed by atoms with Gasteiger partial charge >= 0.3 is 5.97 Å². The standard InChI is InChI=1S/C24H24N4O3/c1-24(2,3)31-22(29)15-28-21(9-8-16-10-11-25-13-16)27-20(23(28)30)12-17-14-26-19-7-5-4-6-18(17)19/h4-14,25,30H,15H2,1-3H3/b9-8+,17-12-. The molecule has 2 N–H and O–H groups in total. The minimum Gasteiger partial charge on any atom is -0.493 e. The van der Waals surface area contributed by atoms with E-state index < -0.39 is 11.6 Å². The van der Waals surface area contributed by atoms with Crippen molar-refractivity contribution in [1.82, 2.24) is 14.5 Å². The van der Waals surface area contributed by atoms with Gasteiger partial charge in [-0.1, -0.05) is 18.2 Å². The van der Waals surface area contributed by atoms with Crippen LogP contribution in [-0.2, 0) is 16.1 Å². The summed E-state index contributed by atoms with van der Waals surface area (Å²) in [6.07, 6.45) is 10.8. The summed E-state index contributed by atoms with van der Waals surface area (Å²) < 4.78 is 6.87. The van der Waals surface area contributed by atoms with Gasteiger partial charge in [-0.2, -0.15) is 0 Å². The van der Waals surface area contributed by atoms with Crippen LogP contribution in [0.2, 0.25) is 0 Å². The van der Waals surface area contributed by atoms with E-state index in [2.05, 4.69) is 15.0 Å². The summed E-state index contributed by atoms with van der Waals surface area (Å²) in [5, 5.41) is 10.9. The van der Waals surface area contributed by atoms with E-state index in [4.69, 9.17) is 4.74 Å². The van der Waals surface area contributed by atoms with Crippen LogP contribution in [0.3, 0.4) is 0 Å². The van der Waals surface area contributed by atoms with Gasteiger partial charge in [0.2, 0.25) is 5.88 Å². The zero-order valence-corrected chi connectivity index (χ0v) is 17.7. The van der Waals surface area contributed by atoms with E-state index in [1.807, 2.05) is 48.8 Å². The number of nitrogens with one attached hydrogen (secondary N) is 1. The van der Waals surface area contributed by atoms with E-state index in [9.17, 15) is 9.90 Å². The van der Waals surface area contributed by atoms with Crippen LogP contribution in [0.25, 0.3) is 23.8 Å². The zero-order chi connectivity index (χ0) is 22.0. The number of fused-ring (bicyclic) bond motifs is 1. The maximum Gasteiger partial charge on any atom is 0.326 e. The number of ether oxygens (including phenoxy) is 1. The Balaban J connectivity index is 1.71. The first kappa shape index (κ1) is 20.4. The molecule has 0 radical (unpaired) electrons. The number of hydrogen-bond acceptors (Lipinski definition) is 5. The van der Waals surface area contributed by atoms with Crippen LogP contribution in [0.1, 0.15) is 43.4 Å². The number of aliphatic imine (C=N–C) groups is 1. The molecule has 2 aromatic heterocycles. The Bertz CT molecular complexity index is 1190. The normalized spacial score (nSPS) is 14.5. The SMILES string of the molecule is CC(C)(C)OC(=O)Cn1c(/C=C/c2cc[nH]c2)nc(/C=C2/C=Nc3ccccc32)c1O. The number of para-hydroxylation sites is 1. The molecular formula is C24H24N4O3. The molecule has 31 heavy (non-hydrogen) atoms. The lowest BCUT2D eigenvalue weighted by Crippen LogP contribution is -2.26. The number of aromatic amines is 1. The summed E-state index contributed by atoms with van der Waals surface area (Å²) in [6, 6.07) is 9.67. The summed E-state index contributed by atoms with van der Waals surface area (Å²) in [7, 11) is 0. The van der Waals surface area contributed by atoms with Gasteiger partial charge in [0.25, 0.3) is 0 Å². The maximum atomic E-state index is 12.4. The van der Waals surface area contributed by atoms with Gasteiger partial charge < -0.3 is 14.8 Å². The van der Waals surface area contributed by atoms with Gasteiger partial charge in [-0.25, -0.2) is 4.98 Å². The van der Waals surface area contributed by atoms with E-state index >= 15 is 0 Å². The third-order valence-corrected chi connectivity index (χ3v) is 4.60. The Labute approximate surface area is 180 Å². The fourth-order valence-electron chi connectivity index (χ4n) is 3.28. The first-order chi connectivity index (χ1) is 14.8. The summed E-state index contributed by atoms with van der Waals surface area (Å²) in [4.78, 5) is 24.4. The topological polar surface area (TPSA) is 92.5 Å². The maximum absolute atomic E-state index is 12.4. The average molecular weight is 416 g/mol. The molecular weight excluding hydrogens is 392 g/mol. The highest BCUT2D eigenvalue weighted by Crippen LogP contribution is 2.33. The number of nitrogens with zero attached hydrogens (tertiary/aromatic N) is 3. The Kier molecular flexibility index (Phi) is 5.33. The number of hydrogen-bond donors (Lipinski definition) is 2. The molecule has 3 aromatic rings. The molecule has 7 heteroatoms. The van der Waals surface area contributed by atoms with Crippen molar-refractivity contribution in [3.63, 3.8) is 0 Å². The molecule has 1 aromatic carbocycles. The van der Waals surface area contributed by atoms with Crippen LogP contribution in [0.15, 0.2) is 47.7 Å². The molecule has 0 bridgehead atoms. The molecule has 0 saturated carbocycles. The summed E-state index contributed by atoms with van der Waals surface area (Å²) in [6.45, 7) is 5.26. The zero-order valence-electron chi connectivity index (χ0n) is 17.7. The van der Waals surface area contributed by atoms with Crippen LogP contribution >= 0.6 is 0 Å². The second-order valence-corrected chi connectivity index (χ2v) is 8.20. The highest BCUT2D eigenvalue weighted by atomic mass is 16.6. The minimum atomic E-state index is -0.622. The van der Waals surface area contributed by atoms with Gasteiger partial charge in [0.05, 0.1) is 5.69 Å². The number of H-pyrrole nitrogens is 1. The molecule has 0 saturated heterocycles. The van der Waals surface area contributed by atoms with Crippen LogP contribution < -0.4 is 0 Å². The van der Waals surface area contributed by atoms with E-state index in [1.54, 1.807) is 39.1 Å². The van der Waals surface area contributed by atoms with Crippen molar-refractivity contribution < 1.29 is 14.6 Å². The van der Waals surface area contributed by atoms with Crippen molar-refractivity contribution in [2.75, 3.05) is 0 Å². The van der Waals surface area contributed by atoms with Gasteiger partial charge in [-0.15, -0.1) is 0 Å². The lowest BCUT2D eigenvalue weighted by Gasteiger charge is -2.20. The Hall–Kier alpha value is -3.87. The van der Waals surface area contributed by atoms with Crippen molar-refractivity contribution in [3.05, 3.63) is 65.4 Å². The van der Waals surface area contributed by atoms with Crippen LogP contribution in [0.4, 0.5) is 5.69 Å². The van der Waals surface area contributed by atoms with Gasteiger partial charge in [-0.3, -0.25) is 14.4 Å². The molecule has 158 valence electrons. The van der Waals surface area contributed by atoms with Crippen molar-refractivity contribution in [2.45, 2.75) is 32.9 Å². The van der Waals surface area contributed by atoms with Gasteiger partial charge in [0.1, 0.15) is 23.7 Å². The molecule has 0 unspecified atom stereocenters. The summed E-state index contributed by atoms with van der Waals surface area (Å²) in [5.41, 5.74) is 3.36. The lowest BCUT2D eigenvalue weighted by atomic mass is 10.1. The Morgan fingerprint density at radius 3 is 2.77 bits per heavy atom. The van der Waals surface area contributed by atoms with Gasteiger partial charge in [-0.05, 0) is 56.7 Å². The van der Waals surface area contributed by atoms with Gasteiger partial charge in [0, 0.05) is 29.7 Å². The molecule has 7 nitrogen and oxygen atoms in total. The smallest absolute Gasteiger partial charge is 0.326 e. The summed E-state index contributed by atoms with van der Waals surface area (Å²) in [5.74, 6) is -0.118. The molecule has 1 aliphatic rings. The number of carbonyl (C=O) groups is 1. The van der Waals surface area contributed by atoms with E-state index in [1.165, 1.54) is 4.57 Å². The average Bonchev–Trinajstić information content (AvgIpc) is 3.42. The van der Waals surface area contributed by atoms with Gasteiger partial charge in [0.15, 0.2) is 0 Å². The molecule has 0 aliphatic carbocycles. The monoisotopic (exact) mass is 416 g/mol. The molecule has 4 rings (SSSR count). The molecule has 0 spiro atoms. The number of aromatic nitrogens is 3. The molecule has 0 atom stereocenters. The quantitative estimate of drug-likeness (QED) is 0.591. The van der Waals surface area contributed by atoms with Crippen molar-refractivity contribution in [1.29, 1.82) is 0 Å². The number of esters is 1. The minimum absolute atomic E-state index is 0.107. The second kappa shape index (κ2) is 8.10. The predicted molar refractivity (Wildman–Crippen MR) is 122 cm³/mol. The number of benzene rings is 1. The molecule has 1 aliphatic heterocycles. The van der Waals surface area contributed by atoms with E-state index in [0.29, 0.717) is 11.5 Å². The van der Waals surface area contributed by atoms with Crippen molar-refractivity contribution in [2.24, 2.45) is 4.99 Å². The first-order valence-corrected chi connectivity index (χ1v) is 9.97. The first-order valence-electron chi connectivity index (χ1n) is 9.97. The third-order valence-electron chi connectivity index (χ3n) is 4.60. The fourth-order valence-corrected chi connectivity index (χ4v) is 3.28. The molecule has 0 fully saturated rings.